The standard InChI is InChI=1S/C16H21NO3/c1-4-10-15(19)14-12(18)6-5-9-7-17(2)8-11(13(9)14)16(10)20-3/h9,19H,4-8H2,1-3H3/t9-/m1/s1. The van der Waals surface area contributed by atoms with Crippen LogP contribution in [0, 0.1) is 0 Å². The van der Waals surface area contributed by atoms with E-state index in [-0.39, 0.29) is 11.5 Å². The zero-order chi connectivity index (χ0) is 14.4. The van der Waals surface area contributed by atoms with E-state index in [1.807, 2.05) is 6.92 Å². The highest BCUT2D eigenvalue weighted by Crippen LogP contribution is 2.48. The number of ketones is 1. The van der Waals surface area contributed by atoms with Gasteiger partial charge in [-0.3, -0.25) is 4.79 Å². The van der Waals surface area contributed by atoms with Crippen molar-refractivity contribution in [2.24, 2.45) is 0 Å². The summed E-state index contributed by atoms with van der Waals surface area (Å²) in [5, 5.41) is 10.5. The van der Waals surface area contributed by atoms with Crippen LogP contribution in [0.25, 0.3) is 0 Å². The van der Waals surface area contributed by atoms with Crippen LogP contribution >= 0.6 is 0 Å². The molecule has 1 heterocycles. The number of phenolic OH excluding ortho intramolecular Hbond substituents is 1. The Labute approximate surface area is 119 Å². The normalized spacial score (nSPS) is 21.8. The first kappa shape index (κ1) is 13.4. The fraction of sp³-hybridized carbons (Fsp3) is 0.562. The summed E-state index contributed by atoms with van der Waals surface area (Å²) in [6.07, 6.45) is 2.07. The Balaban J connectivity index is 2.35. The Kier molecular flexibility index (Phi) is 3.21. The van der Waals surface area contributed by atoms with Crippen molar-refractivity contribution in [3.63, 3.8) is 0 Å². The molecule has 108 valence electrons. The maximum atomic E-state index is 12.3. The summed E-state index contributed by atoms with van der Waals surface area (Å²) in [6.45, 7) is 3.71. The second-order valence-corrected chi connectivity index (χ2v) is 5.84. The molecule has 0 fully saturated rings. The van der Waals surface area contributed by atoms with Crippen molar-refractivity contribution >= 4 is 5.78 Å². The molecule has 4 nitrogen and oxygen atoms in total. The molecule has 0 saturated carbocycles. The van der Waals surface area contributed by atoms with E-state index >= 15 is 0 Å². The van der Waals surface area contributed by atoms with Crippen molar-refractivity contribution in [3.05, 3.63) is 22.3 Å². The molecule has 0 unspecified atom stereocenters. The van der Waals surface area contributed by atoms with Crippen molar-refractivity contribution in [1.29, 1.82) is 0 Å². The smallest absolute Gasteiger partial charge is 0.166 e. The summed E-state index contributed by atoms with van der Waals surface area (Å²) in [5.74, 6) is 1.34. The van der Waals surface area contributed by atoms with Crippen molar-refractivity contribution in [2.45, 2.75) is 38.6 Å². The van der Waals surface area contributed by atoms with E-state index in [9.17, 15) is 9.90 Å². The number of benzene rings is 1. The van der Waals surface area contributed by atoms with E-state index in [0.717, 1.165) is 42.0 Å². The van der Waals surface area contributed by atoms with Crippen molar-refractivity contribution in [2.75, 3.05) is 20.7 Å². The molecule has 4 heteroatoms. The second kappa shape index (κ2) is 4.77. The van der Waals surface area contributed by atoms with E-state index in [2.05, 4.69) is 11.9 Å². The summed E-state index contributed by atoms with van der Waals surface area (Å²) in [4.78, 5) is 14.5. The number of nitrogens with zero attached hydrogens (tertiary/aromatic N) is 1. The van der Waals surface area contributed by atoms with Gasteiger partial charge < -0.3 is 14.7 Å². The van der Waals surface area contributed by atoms with Gasteiger partial charge in [0.05, 0.1) is 12.7 Å². The maximum absolute atomic E-state index is 12.3. The molecule has 0 aromatic heterocycles. The average Bonchev–Trinajstić information content (AvgIpc) is 2.43. The maximum Gasteiger partial charge on any atom is 0.166 e. The number of hydrogen-bond donors (Lipinski definition) is 1. The molecule has 3 rings (SSSR count). The molecule has 1 aliphatic carbocycles. The number of ether oxygens (including phenoxy) is 1. The molecule has 0 spiro atoms. The van der Waals surface area contributed by atoms with Gasteiger partial charge in [-0.15, -0.1) is 0 Å². The number of phenols is 1. The van der Waals surface area contributed by atoms with Crippen LogP contribution in [0.4, 0.5) is 0 Å². The largest absolute Gasteiger partial charge is 0.507 e. The summed E-state index contributed by atoms with van der Waals surface area (Å²) < 4.78 is 5.57. The van der Waals surface area contributed by atoms with Gasteiger partial charge in [0.2, 0.25) is 0 Å². The van der Waals surface area contributed by atoms with Crippen LogP contribution < -0.4 is 4.74 Å². The van der Waals surface area contributed by atoms with Crippen LogP contribution in [0.3, 0.4) is 0 Å². The van der Waals surface area contributed by atoms with Gasteiger partial charge >= 0.3 is 0 Å². The molecule has 0 saturated heterocycles. The predicted molar refractivity (Wildman–Crippen MR) is 76.7 cm³/mol. The van der Waals surface area contributed by atoms with Crippen LogP contribution in [-0.4, -0.2) is 36.5 Å². The zero-order valence-corrected chi connectivity index (χ0v) is 12.3. The van der Waals surface area contributed by atoms with Gasteiger partial charge in [0.1, 0.15) is 11.5 Å². The molecule has 0 radical (unpaired) electrons. The van der Waals surface area contributed by atoms with Crippen LogP contribution in [0.2, 0.25) is 0 Å². The van der Waals surface area contributed by atoms with E-state index in [1.54, 1.807) is 7.11 Å². The summed E-state index contributed by atoms with van der Waals surface area (Å²) in [6, 6.07) is 0. The molecular formula is C16H21NO3. The third-order valence-electron chi connectivity index (χ3n) is 4.59. The Morgan fingerprint density at radius 1 is 1.45 bits per heavy atom. The minimum atomic E-state index is 0.0805. The second-order valence-electron chi connectivity index (χ2n) is 5.84. The third-order valence-corrected chi connectivity index (χ3v) is 4.59. The molecule has 0 bridgehead atoms. The quantitative estimate of drug-likeness (QED) is 0.901. The zero-order valence-electron chi connectivity index (χ0n) is 12.3. The molecule has 20 heavy (non-hydrogen) atoms. The fourth-order valence-electron chi connectivity index (χ4n) is 3.77. The average molecular weight is 275 g/mol. The van der Waals surface area contributed by atoms with Gasteiger partial charge in [-0.1, -0.05) is 6.92 Å². The molecule has 1 N–H and O–H groups in total. The van der Waals surface area contributed by atoms with Crippen LogP contribution in [0.1, 0.15) is 52.7 Å². The number of methoxy groups -OCH3 is 1. The SMILES string of the molecule is CCc1c(O)c2c3c(c1OC)CN(C)C[C@H]3CCC2=O. The van der Waals surface area contributed by atoms with E-state index in [1.165, 1.54) is 0 Å². The highest BCUT2D eigenvalue weighted by Gasteiger charge is 2.37. The number of likely N-dealkylation sites (N-methyl/N-ethyl adjacent to an activating group) is 1. The van der Waals surface area contributed by atoms with Crippen molar-refractivity contribution in [3.8, 4) is 11.5 Å². The number of carbonyl (C=O) groups is 1. The summed E-state index contributed by atoms with van der Waals surface area (Å²) in [7, 11) is 3.74. The molecule has 1 atom stereocenters. The number of Topliss-reactive ketones (excluding diaryl/α,β-unsaturated/α-hetero) is 1. The lowest BCUT2D eigenvalue weighted by Crippen LogP contribution is -2.35. The Morgan fingerprint density at radius 2 is 2.20 bits per heavy atom. The lowest BCUT2D eigenvalue weighted by molar-refractivity contribution is 0.0955. The molecule has 2 aliphatic rings. The van der Waals surface area contributed by atoms with Gasteiger partial charge in [0, 0.05) is 30.6 Å². The minimum Gasteiger partial charge on any atom is -0.507 e. The van der Waals surface area contributed by atoms with Gasteiger partial charge in [0.25, 0.3) is 0 Å². The third kappa shape index (κ3) is 1.74. The topological polar surface area (TPSA) is 49.8 Å². The van der Waals surface area contributed by atoms with Crippen LogP contribution in [0.15, 0.2) is 0 Å². The first-order valence-corrected chi connectivity index (χ1v) is 7.24. The highest BCUT2D eigenvalue weighted by molar-refractivity contribution is 6.02. The van der Waals surface area contributed by atoms with Crippen LogP contribution in [-0.2, 0) is 13.0 Å². The number of rotatable bonds is 2. The lowest BCUT2D eigenvalue weighted by atomic mass is 9.75. The first-order valence-electron chi connectivity index (χ1n) is 7.24. The predicted octanol–water partition coefficient (Wildman–Crippen LogP) is 2.47. The number of aromatic hydroxyl groups is 1. The summed E-state index contributed by atoms with van der Waals surface area (Å²) >= 11 is 0. The Hall–Kier alpha value is -1.55. The number of hydrogen-bond acceptors (Lipinski definition) is 4. The van der Waals surface area contributed by atoms with Gasteiger partial charge in [-0.05, 0) is 31.4 Å². The van der Waals surface area contributed by atoms with E-state index in [0.29, 0.717) is 24.3 Å². The minimum absolute atomic E-state index is 0.0805. The Morgan fingerprint density at radius 3 is 2.85 bits per heavy atom. The highest BCUT2D eigenvalue weighted by atomic mass is 16.5. The molecular weight excluding hydrogens is 254 g/mol. The molecule has 1 aromatic rings. The monoisotopic (exact) mass is 275 g/mol. The first-order chi connectivity index (χ1) is 9.58. The van der Waals surface area contributed by atoms with Gasteiger partial charge in [0.15, 0.2) is 5.78 Å². The number of carbonyl (C=O) groups excluding carboxylic acids is 1. The molecule has 1 aromatic carbocycles. The molecule has 1 aliphatic heterocycles. The molecule has 0 amide bonds. The van der Waals surface area contributed by atoms with E-state index in [4.69, 9.17) is 4.74 Å². The van der Waals surface area contributed by atoms with Crippen molar-refractivity contribution in [1.82, 2.24) is 4.90 Å². The van der Waals surface area contributed by atoms with Crippen molar-refractivity contribution < 1.29 is 14.6 Å². The van der Waals surface area contributed by atoms with Gasteiger partial charge in [-0.25, -0.2) is 0 Å². The fourth-order valence-corrected chi connectivity index (χ4v) is 3.77. The summed E-state index contributed by atoms with van der Waals surface area (Å²) in [5.41, 5.74) is 3.49. The van der Waals surface area contributed by atoms with Crippen LogP contribution in [0.5, 0.6) is 11.5 Å². The van der Waals surface area contributed by atoms with Gasteiger partial charge in [-0.2, -0.15) is 0 Å². The lowest BCUT2D eigenvalue weighted by Gasteiger charge is -2.38. The Bertz CT molecular complexity index is 580. The van der Waals surface area contributed by atoms with E-state index < -0.39 is 0 Å².